The minimum atomic E-state index is -3.77. The zero-order chi connectivity index (χ0) is 30.1. The van der Waals surface area contributed by atoms with Gasteiger partial charge < -0.3 is 29.3 Å². The van der Waals surface area contributed by atoms with Gasteiger partial charge in [-0.1, -0.05) is 60.7 Å². The molecule has 2 N–H and O–H groups in total. The van der Waals surface area contributed by atoms with Crippen LogP contribution in [-0.4, -0.2) is 94.4 Å². The van der Waals surface area contributed by atoms with Crippen LogP contribution in [0.5, 0.6) is 0 Å². The predicted octanol–water partition coefficient (Wildman–Crippen LogP) is 4.00. The Bertz CT molecular complexity index is 1370. The van der Waals surface area contributed by atoms with Gasteiger partial charge in [-0.05, 0) is 19.9 Å². The first-order valence-electron chi connectivity index (χ1n) is 13.7. The molecule has 0 aliphatic carbocycles. The highest BCUT2D eigenvalue weighted by molar-refractivity contribution is 7.54. The van der Waals surface area contributed by atoms with Gasteiger partial charge in [0, 0.05) is 37.3 Å². The molecule has 0 saturated carbocycles. The van der Waals surface area contributed by atoms with Crippen molar-refractivity contribution >= 4 is 25.5 Å². The number of carbonyl (C=O) groups is 3. The van der Waals surface area contributed by atoms with E-state index in [1.165, 1.54) is 15.9 Å². The van der Waals surface area contributed by atoms with E-state index in [-0.39, 0.29) is 45.1 Å². The smallest absolute Gasteiger partial charge is 0.407 e. The summed E-state index contributed by atoms with van der Waals surface area (Å²) in [5, 5.41) is 12.0. The lowest BCUT2D eigenvalue weighted by Crippen LogP contribution is -2.56. The molecular formula is C29H34N5O7P. The van der Waals surface area contributed by atoms with Gasteiger partial charge in [-0.25, -0.2) is 14.8 Å². The van der Waals surface area contributed by atoms with Crippen molar-refractivity contribution < 1.29 is 33.1 Å². The maximum atomic E-state index is 13.7. The number of amides is 3. The molecule has 1 aliphatic rings. The van der Waals surface area contributed by atoms with E-state index in [1.807, 2.05) is 60.7 Å². The van der Waals surface area contributed by atoms with Gasteiger partial charge in [-0.15, -0.1) is 0 Å². The summed E-state index contributed by atoms with van der Waals surface area (Å²) in [7, 11) is -3.77. The topological polar surface area (TPSA) is 151 Å². The van der Waals surface area contributed by atoms with Crippen LogP contribution in [0.2, 0.25) is 0 Å². The minimum Gasteiger partial charge on any atom is -0.465 e. The van der Waals surface area contributed by atoms with Crippen molar-refractivity contribution in [2.45, 2.75) is 19.9 Å². The Labute approximate surface area is 244 Å². The van der Waals surface area contributed by atoms with Gasteiger partial charge >= 0.3 is 13.7 Å². The fraction of sp³-hybridized carbons (Fsp3) is 0.345. The van der Waals surface area contributed by atoms with E-state index in [0.717, 1.165) is 5.56 Å². The van der Waals surface area contributed by atoms with Crippen LogP contribution in [0, 0.1) is 0 Å². The molecule has 2 heterocycles. The number of nitrogens with zero attached hydrogens (tertiary/aromatic N) is 4. The van der Waals surface area contributed by atoms with Gasteiger partial charge in [0.1, 0.15) is 11.7 Å². The van der Waals surface area contributed by atoms with E-state index < -0.39 is 37.7 Å². The molecule has 1 fully saturated rings. The molecular weight excluding hydrogens is 561 g/mol. The molecule has 2 aromatic carbocycles. The van der Waals surface area contributed by atoms with Crippen LogP contribution in [-0.2, 0) is 18.4 Å². The fourth-order valence-corrected chi connectivity index (χ4v) is 6.32. The van der Waals surface area contributed by atoms with Crippen molar-refractivity contribution in [2.24, 2.45) is 0 Å². The first-order valence-corrected chi connectivity index (χ1v) is 15.4. The molecule has 0 bridgehead atoms. The summed E-state index contributed by atoms with van der Waals surface area (Å²) in [6.07, 6.45) is -1.48. The third kappa shape index (κ3) is 7.79. The standard InChI is InChI=1S/C29H34N5O7P/c1-3-40-42(39,41-4-2)20-25(28(36)33-15-17-34(18-16-33)29(37)38)32-27(35)24-19-23(21-11-7-5-8-12-21)30-26(31-24)22-13-9-6-10-14-22/h5-14,19,25H,3-4,15-18,20H2,1-2H3,(H,32,35)(H,37,38)/t25-/m0/s1. The molecule has 1 atom stereocenters. The van der Waals surface area contributed by atoms with E-state index >= 15 is 0 Å². The summed E-state index contributed by atoms with van der Waals surface area (Å²) in [5.74, 6) is -0.869. The van der Waals surface area contributed by atoms with E-state index in [2.05, 4.69) is 15.3 Å². The maximum Gasteiger partial charge on any atom is 0.407 e. The highest BCUT2D eigenvalue weighted by atomic mass is 31.2. The van der Waals surface area contributed by atoms with Crippen molar-refractivity contribution in [3.8, 4) is 22.6 Å². The zero-order valence-electron chi connectivity index (χ0n) is 23.5. The average Bonchev–Trinajstić information content (AvgIpc) is 3.01. The fourth-order valence-electron chi connectivity index (χ4n) is 4.55. The third-order valence-electron chi connectivity index (χ3n) is 6.58. The predicted molar refractivity (Wildman–Crippen MR) is 156 cm³/mol. The molecule has 3 aromatic rings. The van der Waals surface area contributed by atoms with E-state index in [0.29, 0.717) is 17.1 Å². The summed E-state index contributed by atoms with van der Waals surface area (Å²) < 4.78 is 24.3. The van der Waals surface area contributed by atoms with Gasteiger partial charge in [0.15, 0.2) is 5.82 Å². The Hall–Kier alpha value is -4.12. The van der Waals surface area contributed by atoms with Crippen LogP contribution >= 0.6 is 7.60 Å². The summed E-state index contributed by atoms with van der Waals surface area (Å²) in [6.45, 7) is 3.94. The van der Waals surface area contributed by atoms with Gasteiger partial charge in [0.2, 0.25) is 5.91 Å². The van der Waals surface area contributed by atoms with E-state index in [9.17, 15) is 24.1 Å². The second-order valence-electron chi connectivity index (χ2n) is 9.44. The minimum absolute atomic E-state index is 0.0128. The molecule has 0 unspecified atom stereocenters. The summed E-state index contributed by atoms with van der Waals surface area (Å²) in [5.41, 5.74) is 1.99. The van der Waals surface area contributed by atoms with Crippen molar-refractivity contribution in [3.63, 3.8) is 0 Å². The molecule has 13 heteroatoms. The number of rotatable bonds is 11. The van der Waals surface area contributed by atoms with Crippen LogP contribution in [0.3, 0.4) is 0 Å². The third-order valence-corrected chi connectivity index (χ3v) is 8.70. The summed E-state index contributed by atoms with van der Waals surface area (Å²) in [4.78, 5) is 50.6. The van der Waals surface area contributed by atoms with Gasteiger partial charge in [-0.2, -0.15) is 0 Å². The largest absolute Gasteiger partial charge is 0.465 e. The van der Waals surface area contributed by atoms with Crippen LogP contribution in [0.4, 0.5) is 4.79 Å². The number of carboxylic acid groups (broad SMARTS) is 1. The number of hydrogen-bond acceptors (Lipinski definition) is 8. The molecule has 42 heavy (non-hydrogen) atoms. The van der Waals surface area contributed by atoms with Crippen molar-refractivity contribution in [2.75, 3.05) is 45.6 Å². The molecule has 4 rings (SSSR count). The zero-order valence-corrected chi connectivity index (χ0v) is 24.4. The monoisotopic (exact) mass is 595 g/mol. The molecule has 1 aromatic heterocycles. The molecule has 1 saturated heterocycles. The van der Waals surface area contributed by atoms with E-state index in [4.69, 9.17) is 9.05 Å². The van der Waals surface area contributed by atoms with E-state index in [1.54, 1.807) is 13.8 Å². The lowest BCUT2D eigenvalue weighted by molar-refractivity contribution is -0.134. The lowest BCUT2D eigenvalue weighted by atomic mass is 10.1. The number of aromatic nitrogens is 2. The number of benzene rings is 2. The van der Waals surface area contributed by atoms with Crippen LogP contribution in [0.15, 0.2) is 66.7 Å². The maximum absolute atomic E-state index is 13.7. The number of hydrogen-bond donors (Lipinski definition) is 2. The molecule has 0 radical (unpaired) electrons. The van der Waals surface area contributed by atoms with Gasteiger partial charge in [0.25, 0.3) is 5.91 Å². The summed E-state index contributed by atoms with van der Waals surface area (Å²) in [6, 6.07) is 18.8. The average molecular weight is 596 g/mol. The number of carbonyl (C=O) groups excluding carboxylic acids is 2. The normalized spacial score (nSPS) is 14.3. The molecule has 3 amide bonds. The second-order valence-corrected chi connectivity index (χ2v) is 11.5. The Kier molecular flexibility index (Phi) is 10.4. The number of piperazine rings is 1. The Morgan fingerprint density at radius 2 is 1.43 bits per heavy atom. The number of nitrogens with one attached hydrogen (secondary N) is 1. The molecule has 0 spiro atoms. The van der Waals surface area contributed by atoms with Crippen molar-refractivity contribution in [1.82, 2.24) is 25.1 Å². The Morgan fingerprint density at radius 3 is 1.98 bits per heavy atom. The highest BCUT2D eigenvalue weighted by Gasteiger charge is 2.37. The lowest BCUT2D eigenvalue weighted by Gasteiger charge is -2.35. The van der Waals surface area contributed by atoms with Crippen LogP contribution in [0.1, 0.15) is 24.3 Å². The highest BCUT2D eigenvalue weighted by Crippen LogP contribution is 2.48. The quantitative estimate of drug-likeness (QED) is 0.314. The molecule has 12 nitrogen and oxygen atoms in total. The van der Waals surface area contributed by atoms with Gasteiger partial charge in [0.05, 0.1) is 25.1 Å². The summed E-state index contributed by atoms with van der Waals surface area (Å²) >= 11 is 0. The second kappa shape index (κ2) is 14.2. The van der Waals surface area contributed by atoms with Crippen molar-refractivity contribution in [1.29, 1.82) is 0 Å². The van der Waals surface area contributed by atoms with Crippen molar-refractivity contribution in [3.05, 3.63) is 72.4 Å². The molecule has 1 aliphatic heterocycles. The SMILES string of the molecule is CCOP(=O)(C[C@H](NC(=O)c1cc(-c2ccccc2)nc(-c2ccccc2)n1)C(=O)N1CCN(C(=O)O)CC1)OCC. The first-order chi connectivity index (χ1) is 20.2. The Balaban J connectivity index is 1.67. The van der Waals surface area contributed by atoms with Gasteiger partial charge in [-0.3, -0.25) is 14.2 Å². The molecule has 222 valence electrons. The van der Waals surface area contributed by atoms with Crippen LogP contribution < -0.4 is 5.32 Å². The Morgan fingerprint density at radius 1 is 0.881 bits per heavy atom. The van der Waals surface area contributed by atoms with Crippen LogP contribution in [0.25, 0.3) is 22.6 Å². The first kappa shape index (κ1) is 30.8.